The fourth-order valence-electron chi connectivity index (χ4n) is 2.27. The van der Waals surface area contributed by atoms with Gasteiger partial charge in [-0.2, -0.15) is 0 Å². The van der Waals surface area contributed by atoms with Crippen molar-refractivity contribution in [3.05, 3.63) is 94.7 Å². The lowest BCUT2D eigenvalue weighted by Gasteiger charge is -2.07. The van der Waals surface area contributed by atoms with Gasteiger partial charge in [-0.05, 0) is 63.0 Å². The molecular formula is C21H14BrFO2. The van der Waals surface area contributed by atoms with Crippen LogP contribution < -0.4 is 4.74 Å². The fourth-order valence-corrected chi connectivity index (χ4v) is 2.73. The second kappa shape index (κ2) is 7.90. The van der Waals surface area contributed by atoms with E-state index in [9.17, 15) is 9.18 Å². The normalized spacial score (nSPS) is 10.8. The predicted octanol–water partition coefficient (Wildman–Crippen LogP) is 5.87. The standard InChI is InChI=1S/C21H14BrFO2/c22-19-14-17(16-4-2-1-3-5-16)9-12-20(19)25-21(24)13-8-15-6-10-18(23)11-7-15/h1-14H/b13-8+. The van der Waals surface area contributed by atoms with Crippen LogP contribution in [0.2, 0.25) is 0 Å². The molecule has 0 fully saturated rings. The molecule has 3 aromatic rings. The molecule has 0 bridgehead atoms. The van der Waals surface area contributed by atoms with Gasteiger partial charge >= 0.3 is 5.97 Å². The van der Waals surface area contributed by atoms with Gasteiger partial charge in [0, 0.05) is 6.08 Å². The lowest BCUT2D eigenvalue weighted by molar-refractivity contribution is -0.128. The first-order chi connectivity index (χ1) is 12.1. The quantitative estimate of drug-likeness (QED) is 0.313. The van der Waals surface area contributed by atoms with Gasteiger partial charge in [0.25, 0.3) is 0 Å². The Morgan fingerprint density at radius 2 is 1.64 bits per heavy atom. The average Bonchev–Trinajstić information content (AvgIpc) is 2.64. The molecule has 0 amide bonds. The van der Waals surface area contributed by atoms with Crippen LogP contribution in [0.3, 0.4) is 0 Å². The van der Waals surface area contributed by atoms with Crippen LogP contribution in [-0.4, -0.2) is 5.97 Å². The zero-order valence-corrected chi connectivity index (χ0v) is 14.7. The van der Waals surface area contributed by atoms with Gasteiger partial charge in [0.1, 0.15) is 11.6 Å². The molecule has 0 saturated carbocycles. The Morgan fingerprint density at radius 1 is 0.920 bits per heavy atom. The Balaban J connectivity index is 1.70. The van der Waals surface area contributed by atoms with E-state index in [-0.39, 0.29) is 5.82 Å². The fraction of sp³-hybridized carbons (Fsp3) is 0. The number of ether oxygens (including phenoxy) is 1. The van der Waals surface area contributed by atoms with Crippen molar-refractivity contribution in [3.8, 4) is 16.9 Å². The summed E-state index contributed by atoms with van der Waals surface area (Å²) in [6.07, 6.45) is 2.89. The lowest BCUT2D eigenvalue weighted by Crippen LogP contribution is -2.04. The molecule has 0 N–H and O–H groups in total. The Bertz CT molecular complexity index is 903. The summed E-state index contributed by atoms with van der Waals surface area (Å²) < 4.78 is 18.9. The molecule has 0 atom stereocenters. The maximum absolute atomic E-state index is 12.9. The first-order valence-corrected chi connectivity index (χ1v) is 8.41. The number of carbonyl (C=O) groups excluding carboxylic acids is 1. The summed E-state index contributed by atoms with van der Waals surface area (Å²) in [5.74, 6) is -0.381. The van der Waals surface area contributed by atoms with Crippen LogP contribution in [0.15, 0.2) is 83.3 Å². The molecule has 0 heterocycles. The monoisotopic (exact) mass is 396 g/mol. The van der Waals surface area contributed by atoms with Crippen LogP contribution in [0.5, 0.6) is 5.75 Å². The Labute approximate surface area is 153 Å². The minimum atomic E-state index is -0.502. The molecule has 4 heteroatoms. The van der Waals surface area contributed by atoms with E-state index in [4.69, 9.17) is 4.74 Å². The highest BCUT2D eigenvalue weighted by atomic mass is 79.9. The Hall–Kier alpha value is -2.72. The van der Waals surface area contributed by atoms with Crippen LogP contribution in [0.1, 0.15) is 5.56 Å². The van der Waals surface area contributed by atoms with Crippen molar-refractivity contribution in [1.29, 1.82) is 0 Å². The highest BCUT2D eigenvalue weighted by Crippen LogP contribution is 2.30. The van der Waals surface area contributed by atoms with Crippen LogP contribution in [0.4, 0.5) is 4.39 Å². The number of rotatable bonds is 4. The number of esters is 1. The first kappa shape index (κ1) is 17.1. The van der Waals surface area contributed by atoms with Gasteiger partial charge in [-0.1, -0.05) is 48.5 Å². The number of carbonyl (C=O) groups is 1. The summed E-state index contributed by atoms with van der Waals surface area (Å²) in [6, 6.07) is 21.3. The van der Waals surface area contributed by atoms with E-state index in [1.54, 1.807) is 24.3 Å². The minimum absolute atomic E-state index is 0.317. The van der Waals surface area contributed by atoms with Crippen molar-refractivity contribution in [1.82, 2.24) is 0 Å². The summed E-state index contributed by atoms with van der Waals surface area (Å²) in [7, 11) is 0. The number of benzene rings is 3. The van der Waals surface area contributed by atoms with Crippen molar-refractivity contribution in [2.24, 2.45) is 0 Å². The van der Waals surface area contributed by atoms with Gasteiger partial charge < -0.3 is 4.74 Å². The van der Waals surface area contributed by atoms with Gasteiger partial charge in [-0.15, -0.1) is 0 Å². The van der Waals surface area contributed by atoms with Gasteiger partial charge in [-0.25, -0.2) is 9.18 Å². The van der Waals surface area contributed by atoms with Crippen LogP contribution >= 0.6 is 15.9 Å². The maximum atomic E-state index is 12.9. The number of halogens is 2. The van der Waals surface area contributed by atoms with Crippen molar-refractivity contribution < 1.29 is 13.9 Å². The second-order valence-corrected chi connectivity index (χ2v) is 6.17. The number of hydrogen-bond donors (Lipinski definition) is 0. The first-order valence-electron chi connectivity index (χ1n) is 7.62. The van der Waals surface area contributed by atoms with Gasteiger partial charge in [0.2, 0.25) is 0 Å². The summed E-state index contributed by atoms with van der Waals surface area (Å²) in [6.45, 7) is 0. The van der Waals surface area contributed by atoms with E-state index in [1.807, 2.05) is 42.5 Å². The molecule has 3 rings (SSSR count). The van der Waals surface area contributed by atoms with E-state index in [0.717, 1.165) is 16.7 Å². The maximum Gasteiger partial charge on any atom is 0.336 e. The predicted molar refractivity (Wildman–Crippen MR) is 101 cm³/mol. The van der Waals surface area contributed by atoms with Crippen molar-refractivity contribution in [2.75, 3.05) is 0 Å². The summed E-state index contributed by atoms with van der Waals surface area (Å²) >= 11 is 3.43. The van der Waals surface area contributed by atoms with Crippen LogP contribution in [-0.2, 0) is 4.79 Å². The molecule has 0 radical (unpaired) electrons. The SMILES string of the molecule is O=C(/C=C/c1ccc(F)cc1)Oc1ccc(-c2ccccc2)cc1Br. The third kappa shape index (κ3) is 4.64. The third-order valence-corrected chi connectivity index (χ3v) is 4.15. The highest BCUT2D eigenvalue weighted by Gasteiger charge is 2.07. The second-order valence-electron chi connectivity index (χ2n) is 5.32. The van der Waals surface area contributed by atoms with Crippen molar-refractivity contribution in [3.63, 3.8) is 0 Å². The van der Waals surface area contributed by atoms with Crippen molar-refractivity contribution >= 4 is 28.0 Å². The molecule has 0 saturated heterocycles. The molecule has 0 unspecified atom stereocenters. The third-order valence-electron chi connectivity index (χ3n) is 3.53. The van der Waals surface area contributed by atoms with Gasteiger partial charge in [-0.3, -0.25) is 0 Å². The molecule has 0 spiro atoms. The topological polar surface area (TPSA) is 26.3 Å². The molecule has 2 nitrogen and oxygen atoms in total. The van der Waals surface area contributed by atoms with Gasteiger partial charge in [0.15, 0.2) is 0 Å². The van der Waals surface area contributed by atoms with Crippen LogP contribution in [0, 0.1) is 5.82 Å². The summed E-state index contributed by atoms with van der Waals surface area (Å²) in [5, 5.41) is 0. The Morgan fingerprint density at radius 3 is 2.32 bits per heavy atom. The molecular weight excluding hydrogens is 383 g/mol. The van der Waals surface area contributed by atoms with Crippen molar-refractivity contribution in [2.45, 2.75) is 0 Å². The van der Waals surface area contributed by atoms with E-state index < -0.39 is 5.97 Å². The molecule has 0 aliphatic carbocycles. The minimum Gasteiger partial charge on any atom is -0.422 e. The molecule has 0 aliphatic rings. The number of hydrogen-bond acceptors (Lipinski definition) is 2. The van der Waals surface area contributed by atoms with E-state index in [0.29, 0.717) is 10.2 Å². The lowest BCUT2D eigenvalue weighted by atomic mass is 10.1. The van der Waals surface area contributed by atoms with E-state index >= 15 is 0 Å². The molecule has 3 aromatic carbocycles. The molecule has 25 heavy (non-hydrogen) atoms. The smallest absolute Gasteiger partial charge is 0.336 e. The van der Waals surface area contributed by atoms with Gasteiger partial charge in [0.05, 0.1) is 4.47 Å². The molecule has 0 aromatic heterocycles. The average molecular weight is 397 g/mol. The largest absolute Gasteiger partial charge is 0.422 e. The summed E-state index contributed by atoms with van der Waals surface area (Å²) in [4.78, 5) is 12.0. The van der Waals surface area contributed by atoms with Crippen LogP contribution in [0.25, 0.3) is 17.2 Å². The molecule has 0 aliphatic heterocycles. The Kier molecular flexibility index (Phi) is 5.41. The van der Waals surface area contributed by atoms with E-state index in [1.165, 1.54) is 18.2 Å². The highest BCUT2D eigenvalue weighted by molar-refractivity contribution is 9.10. The van der Waals surface area contributed by atoms with E-state index in [2.05, 4.69) is 15.9 Å². The summed E-state index contributed by atoms with van der Waals surface area (Å²) in [5.41, 5.74) is 2.82. The zero-order chi connectivity index (χ0) is 17.6. The molecule has 124 valence electrons. The zero-order valence-electron chi connectivity index (χ0n) is 13.2.